The van der Waals surface area contributed by atoms with Gasteiger partial charge in [-0.15, -0.1) is 0 Å². The predicted octanol–water partition coefficient (Wildman–Crippen LogP) is 4.31. The Balaban J connectivity index is 1.50. The van der Waals surface area contributed by atoms with Crippen molar-refractivity contribution in [3.63, 3.8) is 0 Å². The first-order chi connectivity index (χ1) is 15.0. The van der Waals surface area contributed by atoms with Gasteiger partial charge in [-0.05, 0) is 48.0 Å². The maximum Gasteiger partial charge on any atom is 0.252 e. The van der Waals surface area contributed by atoms with Gasteiger partial charge in [0.25, 0.3) is 5.91 Å². The third-order valence-corrected chi connectivity index (χ3v) is 4.77. The molecule has 0 saturated heterocycles. The molecular formula is C24H17F2N3O2. The number of aromatic nitrogens is 2. The average Bonchev–Trinajstić information content (AvgIpc) is 3.32. The van der Waals surface area contributed by atoms with Crippen LogP contribution in [0, 0.1) is 11.6 Å². The van der Waals surface area contributed by atoms with Crippen LogP contribution in [0.1, 0.15) is 31.8 Å². The fourth-order valence-electron chi connectivity index (χ4n) is 3.18. The summed E-state index contributed by atoms with van der Waals surface area (Å²) in [5.74, 6) is -1.75. The van der Waals surface area contributed by atoms with Crippen LogP contribution < -0.4 is 5.32 Å². The van der Waals surface area contributed by atoms with Gasteiger partial charge in [0.2, 0.25) is 0 Å². The summed E-state index contributed by atoms with van der Waals surface area (Å²) in [6.45, 7) is 0.0824. The van der Waals surface area contributed by atoms with Crippen molar-refractivity contribution in [1.29, 1.82) is 0 Å². The largest absolute Gasteiger partial charge is 0.348 e. The van der Waals surface area contributed by atoms with E-state index in [0.29, 0.717) is 11.3 Å². The van der Waals surface area contributed by atoms with Gasteiger partial charge in [-0.25, -0.2) is 13.8 Å². The summed E-state index contributed by atoms with van der Waals surface area (Å²) in [4.78, 5) is 29.4. The van der Waals surface area contributed by atoms with Gasteiger partial charge in [0.1, 0.15) is 11.6 Å². The third-order valence-electron chi connectivity index (χ3n) is 4.77. The number of carbonyl (C=O) groups excluding carboxylic acids is 2. The Hall–Kier alpha value is -4.13. The topological polar surface area (TPSA) is 64.0 Å². The fourth-order valence-corrected chi connectivity index (χ4v) is 3.18. The van der Waals surface area contributed by atoms with Crippen LogP contribution in [-0.4, -0.2) is 21.2 Å². The van der Waals surface area contributed by atoms with Crippen molar-refractivity contribution in [1.82, 2.24) is 14.9 Å². The van der Waals surface area contributed by atoms with Gasteiger partial charge in [-0.2, -0.15) is 0 Å². The molecule has 7 heteroatoms. The molecule has 0 spiro atoms. The Morgan fingerprint density at radius 3 is 2.35 bits per heavy atom. The van der Waals surface area contributed by atoms with Crippen molar-refractivity contribution in [3.8, 4) is 5.69 Å². The molecule has 0 unspecified atom stereocenters. The van der Waals surface area contributed by atoms with E-state index in [9.17, 15) is 18.4 Å². The van der Waals surface area contributed by atoms with E-state index in [2.05, 4.69) is 10.3 Å². The molecule has 1 aromatic heterocycles. The maximum absolute atomic E-state index is 14.4. The number of nitrogens with one attached hydrogen (secondary N) is 1. The van der Waals surface area contributed by atoms with Crippen LogP contribution in [0.3, 0.4) is 0 Å². The lowest BCUT2D eigenvalue weighted by Gasteiger charge is -2.11. The van der Waals surface area contributed by atoms with Crippen LogP contribution in [0.2, 0.25) is 0 Å². The van der Waals surface area contributed by atoms with E-state index >= 15 is 0 Å². The van der Waals surface area contributed by atoms with Gasteiger partial charge in [0.15, 0.2) is 5.78 Å². The van der Waals surface area contributed by atoms with Crippen LogP contribution in [0.25, 0.3) is 5.69 Å². The number of imidazole rings is 1. The van der Waals surface area contributed by atoms with Gasteiger partial charge in [-0.3, -0.25) is 9.59 Å². The van der Waals surface area contributed by atoms with Crippen LogP contribution in [0.4, 0.5) is 8.78 Å². The lowest BCUT2D eigenvalue weighted by atomic mass is 9.98. The average molecular weight is 417 g/mol. The number of hydrogen-bond acceptors (Lipinski definition) is 3. The second-order valence-corrected chi connectivity index (χ2v) is 6.82. The maximum atomic E-state index is 14.4. The number of halogens is 2. The van der Waals surface area contributed by atoms with Crippen molar-refractivity contribution >= 4 is 11.7 Å². The van der Waals surface area contributed by atoms with Crippen molar-refractivity contribution in [2.24, 2.45) is 0 Å². The Bertz CT molecular complexity index is 1240. The standard InChI is InChI=1S/C24H17F2N3O2/c25-18-8-6-17(7-9-18)23(30)19-3-1-2-4-20(19)24(31)28-14-16-5-10-22(21(26)13-16)29-12-11-27-15-29/h1-13,15H,14H2,(H,28,31). The van der Waals surface area contributed by atoms with Crippen molar-refractivity contribution in [2.45, 2.75) is 6.54 Å². The van der Waals surface area contributed by atoms with Crippen LogP contribution in [0.5, 0.6) is 0 Å². The number of carbonyl (C=O) groups is 2. The first-order valence-corrected chi connectivity index (χ1v) is 9.47. The van der Waals surface area contributed by atoms with Gasteiger partial charge >= 0.3 is 0 Å². The Morgan fingerprint density at radius 2 is 1.68 bits per heavy atom. The first kappa shape index (κ1) is 20.2. The van der Waals surface area contributed by atoms with Crippen LogP contribution in [0.15, 0.2) is 85.5 Å². The number of hydrogen-bond donors (Lipinski definition) is 1. The summed E-state index contributed by atoms with van der Waals surface area (Å²) in [7, 11) is 0. The second-order valence-electron chi connectivity index (χ2n) is 6.82. The minimum Gasteiger partial charge on any atom is -0.348 e. The van der Waals surface area contributed by atoms with Crippen molar-refractivity contribution in [3.05, 3.63) is 119 Å². The molecule has 3 aromatic carbocycles. The summed E-state index contributed by atoms with van der Waals surface area (Å²) in [6.07, 6.45) is 4.68. The van der Waals surface area contributed by atoms with E-state index in [-0.39, 0.29) is 29.0 Å². The molecule has 0 atom stereocenters. The molecule has 0 aliphatic heterocycles. The molecule has 31 heavy (non-hydrogen) atoms. The second kappa shape index (κ2) is 8.71. The number of benzene rings is 3. The SMILES string of the molecule is O=C(NCc1ccc(-n2ccnc2)c(F)c1)c1ccccc1C(=O)c1ccc(F)cc1. The van der Waals surface area contributed by atoms with Crippen LogP contribution in [-0.2, 0) is 6.54 Å². The molecule has 5 nitrogen and oxygen atoms in total. The highest BCUT2D eigenvalue weighted by atomic mass is 19.1. The van der Waals surface area contributed by atoms with E-state index in [4.69, 9.17) is 0 Å². The number of nitrogens with zero attached hydrogens (tertiary/aromatic N) is 2. The molecule has 4 rings (SSSR count). The van der Waals surface area contributed by atoms with Crippen LogP contribution >= 0.6 is 0 Å². The zero-order valence-corrected chi connectivity index (χ0v) is 16.3. The summed E-state index contributed by atoms with van der Waals surface area (Å²) < 4.78 is 29.1. The molecule has 0 aliphatic carbocycles. The van der Waals surface area contributed by atoms with E-state index in [0.717, 1.165) is 0 Å². The molecule has 0 aliphatic rings. The third kappa shape index (κ3) is 4.40. The Morgan fingerprint density at radius 1 is 0.935 bits per heavy atom. The molecule has 0 fully saturated rings. The first-order valence-electron chi connectivity index (χ1n) is 9.47. The zero-order valence-electron chi connectivity index (χ0n) is 16.3. The summed E-state index contributed by atoms with van der Waals surface area (Å²) in [5.41, 5.74) is 1.58. The molecule has 1 heterocycles. The monoisotopic (exact) mass is 417 g/mol. The zero-order chi connectivity index (χ0) is 21.8. The quantitative estimate of drug-likeness (QED) is 0.476. The minimum absolute atomic E-state index is 0.0824. The van der Waals surface area contributed by atoms with E-state index < -0.39 is 17.5 Å². The summed E-state index contributed by atoms with van der Waals surface area (Å²) in [6, 6.07) is 16.1. The van der Waals surface area contributed by atoms with Gasteiger partial charge in [0, 0.05) is 30.1 Å². The Kier molecular flexibility index (Phi) is 5.66. The van der Waals surface area contributed by atoms with Gasteiger partial charge in [-0.1, -0.05) is 24.3 Å². The van der Waals surface area contributed by atoms with E-state index in [1.54, 1.807) is 47.3 Å². The van der Waals surface area contributed by atoms with E-state index in [1.165, 1.54) is 42.7 Å². The number of ketones is 1. The van der Waals surface area contributed by atoms with Crippen molar-refractivity contribution in [2.75, 3.05) is 0 Å². The molecule has 0 saturated carbocycles. The predicted molar refractivity (Wildman–Crippen MR) is 111 cm³/mol. The molecule has 0 bridgehead atoms. The molecule has 0 radical (unpaired) electrons. The normalized spacial score (nSPS) is 10.6. The number of amides is 1. The smallest absolute Gasteiger partial charge is 0.252 e. The van der Waals surface area contributed by atoms with Gasteiger partial charge in [0.05, 0.1) is 17.6 Å². The summed E-state index contributed by atoms with van der Waals surface area (Å²) in [5, 5.41) is 2.72. The van der Waals surface area contributed by atoms with Gasteiger partial charge < -0.3 is 9.88 Å². The summed E-state index contributed by atoms with van der Waals surface area (Å²) >= 11 is 0. The number of rotatable bonds is 6. The highest BCUT2D eigenvalue weighted by molar-refractivity contribution is 6.15. The van der Waals surface area contributed by atoms with E-state index in [1.807, 2.05) is 0 Å². The molecule has 1 amide bonds. The van der Waals surface area contributed by atoms with Crippen molar-refractivity contribution < 1.29 is 18.4 Å². The fraction of sp³-hybridized carbons (Fsp3) is 0.0417. The Labute approximate surface area is 177 Å². The molecule has 154 valence electrons. The minimum atomic E-state index is -0.467. The molecule has 4 aromatic rings. The molecular weight excluding hydrogens is 400 g/mol. The highest BCUT2D eigenvalue weighted by Crippen LogP contribution is 2.17. The lowest BCUT2D eigenvalue weighted by molar-refractivity contribution is 0.0939. The highest BCUT2D eigenvalue weighted by Gasteiger charge is 2.18. The lowest BCUT2D eigenvalue weighted by Crippen LogP contribution is -2.25. The molecule has 1 N–H and O–H groups in total.